The predicted molar refractivity (Wildman–Crippen MR) is 58.4 cm³/mol. The number of carboxylic acids is 1. The third-order valence-electron chi connectivity index (χ3n) is 2.70. The van der Waals surface area contributed by atoms with Crippen molar-refractivity contribution in [2.24, 2.45) is 0 Å². The van der Waals surface area contributed by atoms with Gasteiger partial charge >= 0.3 is 12.1 Å². The quantitative estimate of drug-likeness (QED) is 0.850. The van der Waals surface area contributed by atoms with Crippen LogP contribution in [0.3, 0.4) is 0 Å². The van der Waals surface area contributed by atoms with E-state index in [-0.39, 0.29) is 11.1 Å². The van der Waals surface area contributed by atoms with E-state index < -0.39 is 17.7 Å². The molecule has 1 aromatic carbocycles. The monoisotopic (exact) mass is 255 g/mol. The second kappa shape index (κ2) is 3.97. The van der Waals surface area contributed by atoms with Gasteiger partial charge in [0.05, 0.1) is 16.6 Å². The molecule has 0 amide bonds. The largest absolute Gasteiger partial charge is 0.478 e. The molecule has 94 valence electrons. The Bertz CT molecular complexity index is 635. The highest BCUT2D eigenvalue weighted by atomic mass is 19.4. The molecule has 0 radical (unpaired) electrons. The van der Waals surface area contributed by atoms with E-state index in [1.165, 1.54) is 6.07 Å². The highest BCUT2D eigenvalue weighted by molar-refractivity contribution is 5.95. The maximum Gasteiger partial charge on any atom is 0.416 e. The maximum absolute atomic E-state index is 12.5. The number of halogens is 3. The molecule has 1 heterocycles. The Labute approximate surface area is 99.9 Å². The van der Waals surface area contributed by atoms with Crippen molar-refractivity contribution in [2.75, 3.05) is 0 Å². The molecule has 2 aromatic rings. The number of carbonyl (C=O) groups is 1. The van der Waals surface area contributed by atoms with Crippen molar-refractivity contribution >= 4 is 16.9 Å². The maximum atomic E-state index is 12.5. The van der Waals surface area contributed by atoms with Gasteiger partial charge in [0.2, 0.25) is 0 Å². The summed E-state index contributed by atoms with van der Waals surface area (Å²) in [5.74, 6) is -1.15. The Hall–Kier alpha value is -2.11. The van der Waals surface area contributed by atoms with E-state index in [1.54, 1.807) is 6.92 Å². The van der Waals surface area contributed by atoms with Crippen LogP contribution in [0.2, 0.25) is 0 Å². The van der Waals surface area contributed by atoms with Gasteiger partial charge < -0.3 is 5.11 Å². The molecule has 0 spiro atoms. The Morgan fingerprint density at radius 1 is 1.33 bits per heavy atom. The first-order chi connectivity index (χ1) is 8.30. The zero-order chi connectivity index (χ0) is 13.5. The van der Waals surface area contributed by atoms with Gasteiger partial charge in [-0.25, -0.2) is 4.79 Å². The number of alkyl halides is 3. The number of hydrogen-bond donors (Lipinski definition) is 1. The molecule has 3 nitrogen and oxygen atoms in total. The van der Waals surface area contributed by atoms with Gasteiger partial charge in [0.25, 0.3) is 0 Å². The minimum atomic E-state index is -4.44. The number of rotatable bonds is 1. The second-order valence-corrected chi connectivity index (χ2v) is 3.83. The number of benzene rings is 1. The smallest absolute Gasteiger partial charge is 0.416 e. The van der Waals surface area contributed by atoms with E-state index in [9.17, 15) is 18.0 Å². The molecule has 1 aromatic heterocycles. The first-order valence-electron chi connectivity index (χ1n) is 5.00. The minimum absolute atomic E-state index is 0.0118. The predicted octanol–water partition coefficient (Wildman–Crippen LogP) is 3.26. The van der Waals surface area contributed by atoms with Crippen molar-refractivity contribution in [2.45, 2.75) is 13.1 Å². The number of fused-ring (bicyclic) bond motifs is 1. The van der Waals surface area contributed by atoms with Gasteiger partial charge in [0.1, 0.15) is 0 Å². The molecule has 18 heavy (non-hydrogen) atoms. The highest BCUT2D eigenvalue weighted by Gasteiger charge is 2.30. The molecular weight excluding hydrogens is 247 g/mol. The summed E-state index contributed by atoms with van der Waals surface area (Å²) in [6.07, 6.45) is -3.37. The summed E-state index contributed by atoms with van der Waals surface area (Å²) in [5.41, 5.74) is -0.277. The van der Waals surface area contributed by atoms with Crippen LogP contribution in [-0.2, 0) is 6.18 Å². The van der Waals surface area contributed by atoms with Gasteiger partial charge in [-0.2, -0.15) is 13.2 Å². The zero-order valence-corrected chi connectivity index (χ0v) is 9.25. The summed E-state index contributed by atoms with van der Waals surface area (Å²) in [6, 6.07) is 3.07. The molecule has 0 aliphatic heterocycles. The number of aromatic nitrogens is 1. The molecule has 0 saturated carbocycles. The minimum Gasteiger partial charge on any atom is -0.478 e. The van der Waals surface area contributed by atoms with Gasteiger partial charge in [-0.15, -0.1) is 0 Å². The molecule has 0 aliphatic rings. The fraction of sp³-hybridized carbons (Fsp3) is 0.167. The second-order valence-electron chi connectivity index (χ2n) is 3.83. The summed E-state index contributed by atoms with van der Waals surface area (Å²) in [7, 11) is 0. The first-order valence-corrected chi connectivity index (χ1v) is 5.00. The van der Waals surface area contributed by atoms with Crippen LogP contribution in [0.15, 0.2) is 24.4 Å². The molecule has 0 aliphatic carbocycles. The van der Waals surface area contributed by atoms with E-state index in [2.05, 4.69) is 4.98 Å². The van der Waals surface area contributed by atoms with E-state index in [0.717, 1.165) is 18.3 Å². The highest BCUT2D eigenvalue weighted by Crippen LogP contribution is 2.31. The number of nitrogens with zero attached hydrogens (tertiary/aromatic N) is 1. The fourth-order valence-corrected chi connectivity index (χ4v) is 1.72. The number of aryl methyl sites for hydroxylation is 1. The van der Waals surface area contributed by atoms with Gasteiger partial charge in [-0.3, -0.25) is 4.98 Å². The lowest BCUT2D eigenvalue weighted by Gasteiger charge is -2.09. The standard InChI is InChI=1S/C12H8F3NO2/c1-6-8-3-2-7(12(13,14)15)4-10(8)16-5-9(6)11(17)18/h2-5H,1H3,(H,17,18). The topological polar surface area (TPSA) is 50.2 Å². The van der Waals surface area contributed by atoms with Crippen LogP contribution < -0.4 is 0 Å². The Morgan fingerprint density at radius 2 is 2.00 bits per heavy atom. The van der Waals surface area contributed by atoms with Gasteiger partial charge in [-0.1, -0.05) is 6.07 Å². The van der Waals surface area contributed by atoms with Crippen LogP contribution in [0, 0.1) is 6.92 Å². The fourth-order valence-electron chi connectivity index (χ4n) is 1.72. The SMILES string of the molecule is Cc1c(C(=O)O)cnc2cc(C(F)(F)F)ccc12. The van der Waals surface area contributed by atoms with Crippen LogP contribution in [0.5, 0.6) is 0 Å². The van der Waals surface area contributed by atoms with Crippen LogP contribution >= 0.6 is 0 Å². The molecule has 0 atom stereocenters. The van der Waals surface area contributed by atoms with Crippen molar-refractivity contribution in [3.63, 3.8) is 0 Å². The lowest BCUT2D eigenvalue weighted by Crippen LogP contribution is -2.06. The molecule has 0 unspecified atom stereocenters. The van der Waals surface area contributed by atoms with Gasteiger partial charge in [0.15, 0.2) is 0 Å². The van der Waals surface area contributed by atoms with Crippen molar-refractivity contribution in [3.8, 4) is 0 Å². The average molecular weight is 255 g/mol. The van der Waals surface area contributed by atoms with E-state index in [0.29, 0.717) is 10.9 Å². The van der Waals surface area contributed by atoms with Crippen molar-refractivity contribution in [3.05, 3.63) is 41.1 Å². The molecule has 0 bridgehead atoms. The summed E-state index contributed by atoms with van der Waals surface area (Å²) >= 11 is 0. The first kappa shape index (κ1) is 12.3. The third kappa shape index (κ3) is 2.01. The summed E-state index contributed by atoms with van der Waals surface area (Å²) in [6.45, 7) is 1.54. The number of hydrogen-bond acceptors (Lipinski definition) is 2. The molecule has 0 fully saturated rings. The lowest BCUT2D eigenvalue weighted by molar-refractivity contribution is -0.137. The average Bonchev–Trinajstić information content (AvgIpc) is 2.27. The van der Waals surface area contributed by atoms with E-state index >= 15 is 0 Å². The van der Waals surface area contributed by atoms with Crippen LogP contribution in [0.25, 0.3) is 10.9 Å². The Balaban J connectivity index is 2.69. The number of pyridine rings is 1. The van der Waals surface area contributed by atoms with Crippen LogP contribution in [0.4, 0.5) is 13.2 Å². The zero-order valence-electron chi connectivity index (χ0n) is 9.25. The molecule has 0 saturated heterocycles. The van der Waals surface area contributed by atoms with Gasteiger partial charge in [0, 0.05) is 11.6 Å². The van der Waals surface area contributed by atoms with Crippen molar-refractivity contribution in [1.29, 1.82) is 0 Å². The Morgan fingerprint density at radius 3 is 2.56 bits per heavy atom. The van der Waals surface area contributed by atoms with Gasteiger partial charge in [-0.05, 0) is 24.6 Å². The number of carboxylic acid groups (broad SMARTS) is 1. The van der Waals surface area contributed by atoms with Crippen LogP contribution in [-0.4, -0.2) is 16.1 Å². The Kier molecular flexibility index (Phi) is 2.73. The van der Waals surface area contributed by atoms with Crippen molar-refractivity contribution in [1.82, 2.24) is 4.98 Å². The van der Waals surface area contributed by atoms with Crippen LogP contribution in [0.1, 0.15) is 21.5 Å². The number of aromatic carboxylic acids is 1. The molecule has 6 heteroatoms. The van der Waals surface area contributed by atoms with E-state index in [1.807, 2.05) is 0 Å². The normalized spacial score (nSPS) is 11.8. The lowest BCUT2D eigenvalue weighted by atomic mass is 10.0. The third-order valence-corrected chi connectivity index (χ3v) is 2.70. The summed E-state index contributed by atoms with van der Waals surface area (Å²) < 4.78 is 37.5. The van der Waals surface area contributed by atoms with E-state index in [4.69, 9.17) is 5.11 Å². The summed E-state index contributed by atoms with van der Waals surface area (Å²) in [5, 5.41) is 9.29. The van der Waals surface area contributed by atoms with Crippen molar-refractivity contribution < 1.29 is 23.1 Å². The molecular formula is C12H8F3NO2. The summed E-state index contributed by atoms with van der Waals surface area (Å²) in [4.78, 5) is 14.6. The molecule has 2 rings (SSSR count). The molecule has 1 N–H and O–H groups in total.